The Kier molecular flexibility index (Phi) is 11.3. The van der Waals surface area contributed by atoms with Gasteiger partial charge < -0.3 is 14.8 Å². The van der Waals surface area contributed by atoms with E-state index in [4.69, 9.17) is 9.47 Å². The Bertz CT molecular complexity index is 345. The van der Waals surface area contributed by atoms with Gasteiger partial charge in [-0.2, -0.15) is 0 Å². The van der Waals surface area contributed by atoms with Gasteiger partial charge in [0.25, 0.3) is 0 Å². The molecule has 0 spiro atoms. The zero-order chi connectivity index (χ0) is 17.8. The van der Waals surface area contributed by atoms with Crippen molar-refractivity contribution in [1.82, 2.24) is 10.2 Å². The van der Waals surface area contributed by atoms with Crippen molar-refractivity contribution in [3.05, 3.63) is 0 Å². The average molecular weight is 345 g/mol. The van der Waals surface area contributed by atoms with Crippen LogP contribution >= 0.6 is 0 Å². The lowest BCUT2D eigenvalue weighted by atomic mass is 10.0. The molecular formula is C19H40N2O3. The maximum absolute atomic E-state index is 11.8. The Balaban J connectivity index is 0.00000576. The first kappa shape index (κ1) is 21.4. The van der Waals surface area contributed by atoms with Crippen LogP contribution in [-0.2, 0) is 14.3 Å². The first-order chi connectivity index (χ1) is 11.6. The molecular weight excluding hydrogens is 304 g/mol. The highest BCUT2D eigenvalue weighted by molar-refractivity contribution is 5.78. The van der Waals surface area contributed by atoms with Gasteiger partial charge in [-0.3, -0.25) is 9.69 Å². The monoisotopic (exact) mass is 344 g/mol. The Morgan fingerprint density at radius 3 is 2.83 bits per heavy atom. The summed E-state index contributed by atoms with van der Waals surface area (Å²) in [6, 6.07) is 0. The van der Waals surface area contributed by atoms with E-state index in [9.17, 15) is 4.79 Å². The molecule has 5 nitrogen and oxygen atoms in total. The minimum Gasteiger partial charge on any atom is -0.380 e. The minimum atomic E-state index is 0. The lowest BCUT2D eigenvalue weighted by Crippen LogP contribution is -2.48. The van der Waals surface area contributed by atoms with Crippen LogP contribution in [0, 0.1) is 11.8 Å². The number of nitrogens with one attached hydrogen (secondary N) is 1. The van der Waals surface area contributed by atoms with Gasteiger partial charge in [-0.05, 0) is 25.2 Å². The predicted molar refractivity (Wildman–Crippen MR) is 100 cm³/mol. The van der Waals surface area contributed by atoms with E-state index in [0.29, 0.717) is 6.54 Å². The maximum Gasteiger partial charge on any atom is 0.222 e. The molecule has 1 heterocycles. The van der Waals surface area contributed by atoms with Crippen LogP contribution in [0.5, 0.6) is 0 Å². The number of morpholine rings is 1. The molecule has 0 bridgehead atoms. The van der Waals surface area contributed by atoms with Crippen molar-refractivity contribution in [1.29, 1.82) is 0 Å². The zero-order valence-corrected chi connectivity index (χ0v) is 16.2. The first-order valence-corrected chi connectivity index (χ1v) is 9.76. The lowest BCUT2D eigenvalue weighted by Gasteiger charge is -2.33. The fourth-order valence-corrected chi connectivity index (χ4v) is 2.71. The second kappa shape index (κ2) is 12.7. The van der Waals surface area contributed by atoms with Gasteiger partial charge in [-0.25, -0.2) is 0 Å². The SMILES string of the molecule is CCC(C)CCCOCCN1CCO[C@H](CNC(=O)C(C)CC)C1.[HH]. The van der Waals surface area contributed by atoms with Gasteiger partial charge in [0.2, 0.25) is 5.91 Å². The van der Waals surface area contributed by atoms with Gasteiger partial charge in [0, 0.05) is 40.1 Å². The lowest BCUT2D eigenvalue weighted by molar-refractivity contribution is -0.125. The average Bonchev–Trinajstić information content (AvgIpc) is 2.61. The van der Waals surface area contributed by atoms with Crippen molar-refractivity contribution in [3.63, 3.8) is 0 Å². The predicted octanol–water partition coefficient (Wildman–Crippen LogP) is 2.94. The van der Waals surface area contributed by atoms with Crippen LogP contribution in [0.3, 0.4) is 0 Å². The third-order valence-electron chi connectivity index (χ3n) is 5.02. The summed E-state index contributed by atoms with van der Waals surface area (Å²) in [5.74, 6) is 1.01. The van der Waals surface area contributed by atoms with Crippen molar-refractivity contribution >= 4 is 5.91 Å². The maximum atomic E-state index is 11.8. The quantitative estimate of drug-likeness (QED) is 0.553. The van der Waals surface area contributed by atoms with E-state index in [-0.39, 0.29) is 19.4 Å². The number of ether oxygens (including phenoxy) is 2. The molecule has 0 aromatic carbocycles. The molecule has 0 aromatic rings. The molecule has 2 unspecified atom stereocenters. The Morgan fingerprint density at radius 2 is 2.12 bits per heavy atom. The number of carbonyl (C=O) groups excluding carboxylic acids is 1. The van der Waals surface area contributed by atoms with Gasteiger partial charge in [0.15, 0.2) is 0 Å². The van der Waals surface area contributed by atoms with E-state index in [1.54, 1.807) is 0 Å². The van der Waals surface area contributed by atoms with E-state index < -0.39 is 0 Å². The Morgan fingerprint density at radius 1 is 1.33 bits per heavy atom. The number of rotatable bonds is 12. The van der Waals surface area contributed by atoms with E-state index in [1.165, 1.54) is 12.8 Å². The number of nitrogens with zero attached hydrogens (tertiary/aromatic N) is 1. The van der Waals surface area contributed by atoms with Gasteiger partial charge >= 0.3 is 0 Å². The molecule has 3 atom stereocenters. The van der Waals surface area contributed by atoms with E-state index in [0.717, 1.165) is 58.2 Å². The molecule has 1 N–H and O–H groups in total. The largest absolute Gasteiger partial charge is 0.380 e. The minimum absolute atomic E-state index is 0. The topological polar surface area (TPSA) is 50.8 Å². The summed E-state index contributed by atoms with van der Waals surface area (Å²) >= 11 is 0. The standard InChI is InChI=1S/C19H38N2O3.H2/c1-5-16(3)8-7-11-23-12-9-21-10-13-24-18(15-21)14-20-19(22)17(4)6-2;/h16-18H,5-15H2,1-4H3,(H,20,22);1H/t16?,17?,18-;/m1./s1. The van der Waals surface area contributed by atoms with Crippen molar-refractivity contribution in [3.8, 4) is 0 Å². The van der Waals surface area contributed by atoms with Crippen LogP contribution in [0.2, 0.25) is 0 Å². The van der Waals surface area contributed by atoms with Gasteiger partial charge in [-0.1, -0.05) is 34.1 Å². The number of amides is 1. The van der Waals surface area contributed by atoms with Crippen LogP contribution in [0.1, 0.15) is 54.8 Å². The summed E-state index contributed by atoms with van der Waals surface area (Å²) in [5, 5.41) is 3.00. The summed E-state index contributed by atoms with van der Waals surface area (Å²) < 4.78 is 11.5. The molecule has 1 fully saturated rings. The summed E-state index contributed by atoms with van der Waals surface area (Å²) in [6.45, 7) is 14.3. The highest BCUT2D eigenvalue weighted by atomic mass is 16.5. The van der Waals surface area contributed by atoms with Gasteiger partial charge in [0.05, 0.1) is 19.3 Å². The molecule has 1 rings (SSSR count). The Labute approximate surface area is 149 Å². The van der Waals surface area contributed by atoms with E-state index >= 15 is 0 Å². The van der Waals surface area contributed by atoms with E-state index in [2.05, 4.69) is 24.1 Å². The second-order valence-electron chi connectivity index (χ2n) is 7.12. The molecule has 24 heavy (non-hydrogen) atoms. The normalized spacial score (nSPS) is 21.4. The van der Waals surface area contributed by atoms with Crippen LogP contribution in [0.4, 0.5) is 0 Å². The molecule has 0 saturated carbocycles. The molecule has 0 radical (unpaired) electrons. The summed E-state index contributed by atoms with van der Waals surface area (Å²) in [4.78, 5) is 14.2. The molecule has 0 aromatic heterocycles. The highest BCUT2D eigenvalue weighted by Crippen LogP contribution is 2.09. The summed E-state index contributed by atoms with van der Waals surface area (Å²) in [7, 11) is 0. The Hall–Kier alpha value is -0.650. The molecule has 1 aliphatic heterocycles. The number of hydrogen-bond donors (Lipinski definition) is 1. The van der Waals surface area contributed by atoms with Crippen molar-refractivity contribution in [2.75, 3.05) is 46.0 Å². The highest BCUT2D eigenvalue weighted by Gasteiger charge is 2.21. The summed E-state index contributed by atoms with van der Waals surface area (Å²) in [6.07, 6.45) is 4.63. The number of hydrogen-bond acceptors (Lipinski definition) is 4. The van der Waals surface area contributed by atoms with Crippen molar-refractivity contribution in [2.45, 2.75) is 59.5 Å². The van der Waals surface area contributed by atoms with Crippen LogP contribution in [0.15, 0.2) is 0 Å². The molecule has 144 valence electrons. The first-order valence-electron chi connectivity index (χ1n) is 9.76. The number of carbonyl (C=O) groups is 1. The van der Waals surface area contributed by atoms with E-state index in [1.807, 2.05) is 13.8 Å². The van der Waals surface area contributed by atoms with Crippen molar-refractivity contribution < 1.29 is 15.7 Å². The third kappa shape index (κ3) is 9.00. The van der Waals surface area contributed by atoms with Crippen LogP contribution in [-0.4, -0.2) is 62.9 Å². The molecule has 1 saturated heterocycles. The smallest absolute Gasteiger partial charge is 0.222 e. The second-order valence-corrected chi connectivity index (χ2v) is 7.12. The third-order valence-corrected chi connectivity index (χ3v) is 5.02. The van der Waals surface area contributed by atoms with Crippen LogP contribution in [0.25, 0.3) is 0 Å². The molecule has 1 amide bonds. The molecule has 0 aliphatic carbocycles. The molecule has 1 aliphatic rings. The molecule has 5 heteroatoms. The fraction of sp³-hybridized carbons (Fsp3) is 0.947. The van der Waals surface area contributed by atoms with Gasteiger partial charge in [-0.15, -0.1) is 0 Å². The van der Waals surface area contributed by atoms with Gasteiger partial charge in [0.1, 0.15) is 0 Å². The fourth-order valence-electron chi connectivity index (χ4n) is 2.71. The van der Waals surface area contributed by atoms with Crippen molar-refractivity contribution in [2.24, 2.45) is 11.8 Å². The summed E-state index contributed by atoms with van der Waals surface area (Å²) in [5.41, 5.74) is 0. The van der Waals surface area contributed by atoms with Crippen LogP contribution < -0.4 is 5.32 Å². The zero-order valence-electron chi connectivity index (χ0n) is 16.2.